The first-order chi connectivity index (χ1) is 13.8. The highest BCUT2D eigenvalue weighted by atomic mass is 32.2. The van der Waals surface area contributed by atoms with Crippen molar-refractivity contribution in [3.8, 4) is 0 Å². The van der Waals surface area contributed by atoms with Gasteiger partial charge in [-0.15, -0.1) is 11.8 Å². The number of hydrogen-bond acceptors (Lipinski definition) is 4. The Bertz CT molecular complexity index is 856. The van der Waals surface area contributed by atoms with Gasteiger partial charge in [-0.05, 0) is 48.9 Å². The molecule has 2 aromatic rings. The molecule has 0 aliphatic carbocycles. The average molecular weight is 418 g/mol. The van der Waals surface area contributed by atoms with Crippen molar-refractivity contribution in [3.05, 3.63) is 65.5 Å². The summed E-state index contributed by atoms with van der Waals surface area (Å²) in [6.07, 6.45) is 0. The molecule has 0 heterocycles. The van der Waals surface area contributed by atoms with Crippen LogP contribution in [0.4, 0.5) is 10.1 Å². The summed E-state index contributed by atoms with van der Waals surface area (Å²) in [4.78, 5) is 37.7. The number of nitrogens with zero attached hydrogens (tertiary/aromatic N) is 1. The van der Waals surface area contributed by atoms with Crippen LogP contribution in [-0.2, 0) is 16.1 Å². The molecule has 3 amide bonds. The molecule has 0 bridgehead atoms. The molecule has 0 saturated heterocycles. The smallest absolute Gasteiger partial charge is 0.251 e. The number of carbonyl (C=O) groups excluding carboxylic acids is 3. The van der Waals surface area contributed by atoms with Crippen molar-refractivity contribution < 1.29 is 18.8 Å². The minimum atomic E-state index is -0.399. The van der Waals surface area contributed by atoms with Crippen molar-refractivity contribution in [2.24, 2.45) is 0 Å². The van der Waals surface area contributed by atoms with E-state index < -0.39 is 5.25 Å². The van der Waals surface area contributed by atoms with E-state index in [1.54, 1.807) is 38.1 Å². The summed E-state index contributed by atoms with van der Waals surface area (Å²) in [5.41, 5.74) is 1.97. The maximum absolute atomic E-state index is 12.9. The van der Waals surface area contributed by atoms with Gasteiger partial charge in [0.2, 0.25) is 11.8 Å². The third kappa shape index (κ3) is 6.90. The van der Waals surface area contributed by atoms with E-state index in [9.17, 15) is 18.8 Å². The quantitative estimate of drug-likeness (QED) is 0.692. The Hall–Kier alpha value is -2.87. The molecule has 2 aromatic carbocycles. The number of anilines is 1. The molecule has 0 radical (unpaired) electrons. The van der Waals surface area contributed by atoms with Gasteiger partial charge < -0.3 is 15.5 Å². The summed E-state index contributed by atoms with van der Waals surface area (Å²) < 4.78 is 12.9. The van der Waals surface area contributed by atoms with Crippen LogP contribution in [0, 0.1) is 5.82 Å². The van der Waals surface area contributed by atoms with Crippen LogP contribution in [0.2, 0.25) is 0 Å². The fraction of sp³-hybridized carbons (Fsp3) is 0.286. The lowest BCUT2D eigenvalue weighted by Gasteiger charge is -2.21. The zero-order valence-electron chi connectivity index (χ0n) is 16.6. The second-order valence-corrected chi connectivity index (χ2v) is 7.81. The Morgan fingerprint density at radius 2 is 1.69 bits per heavy atom. The van der Waals surface area contributed by atoms with Gasteiger partial charge in [0.05, 0.1) is 11.0 Å². The summed E-state index contributed by atoms with van der Waals surface area (Å²) >= 11 is 1.23. The third-order valence-electron chi connectivity index (χ3n) is 4.18. The van der Waals surface area contributed by atoms with Crippen LogP contribution in [-0.4, -0.2) is 47.7 Å². The van der Waals surface area contributed by atoms with E-state index in [0.29, 0.717) is 17.8 Å². The number of hydrogen-bond donors (Lipinski definition) is 2. The molecule has 0 spiro atoms. The molecule has 0 fully saturated rings. The van der Waals surface area contributed by atoms with Gasteiger partial charge >= 0.3 is 0 Å². The van der Waals surface area contributed by atoms with Gasteiger partial charge in [-0.3, -0.25) is 14.4 Å². The van der Waals surface area contributed by atoms with E-state index in [-0.39, 0.29) is 29.3 Å². The Labute approximate surface area is 173 Å². The second kappa shape index (κ2) is 10.6. The predicted molar refractivity (Wildman–Crippen MR) is 113 cm³/mol. The van der Waals surface area contributed by atoms with Crippen LogP contribution in [0.25, 0.3) is 0 Å². The van der Waals surface area contributed by atoms with Crippen molar-refractivity contribution in [2.75, 3.05) is 25.2 Å². The largest absolute Gasteiger partial charge is 0.355 e. The van der Waals surface area contributed by atoms with Crippen LogP contribution < -0.4 is 10.6 Å². The third-order valence-corrected chi connectivity index (χ3v) is 5.31. The standard InChI is InChI=1S/C21H24FN3O3S/c1-14(29-13-19(26)24-18-10-8-17(22)9-11-18)21(28)25(3)12-15-4-6-16(7-5-15)20(27)23-2/h4-11,14H,12-13H2,1-3H3,(H,23,27)(H,24,26)/t14-/m1/s1. The summed E-state index contributed by atoms with van der Waals surface area (Å²) in [6, 6.07) is 12.5. The molecule has 0 unspecified atom stereocenters. The molecule has 2 rings (SSSR count). The van der Waals surface area contributed by atoms with Gasteiger partial charge in [-0.25, -0.2) is 4.39 Å². The van der Waals surface area contributed by atoms with E-state index in [4.69, 9.17) is 0 Å². The Kier molecular flexibility index (Phi) is 8.21. The van der Waals surface area contributed by atoms with E-state index in [1.165, 1.54) is 36.0 Å². The maximum atomic E-state index is 12.9. The van der Waals surface area contributed by atoms with E-state index >= 15 is 0 Å². The first kappa shape index (κ1) is 22.4. The lowest BCUT2D eigenvalue weighted by molar-refractivity contribution is -0.129. The van der Waals surface area contributed by atoms with E-state index in [2.05, 4.69) is 10.6 Å². The maximum Gasteiger partial charge on any atom is 0.251 e. The summed E-state index contributed by atoms with van der Waals surface area (Å²) in [5, 5.41) is 4.83. The van der Waals surface area contributed by atoms with Gasteiger partial charge in [0, 0.05) is 31.9 Å². The number of carbonyl (C=O) groups is 3. The van der Waals surface area contributed by atoms with Gasteiger partial charge in [0.1, 0.15) is 5.82 Å². The van der Waals surface area contributed by atoms with Crippen molar-refractivity contribution in [3.63, 3.8) is 0 Å². The Morgan fingerprint density at radius 1 is 1.07 bits per heavy atom. The molecule has 2 N–H and O–H groups in total. The molecule has 6 nitrogen and oxygen atoms in total. The van der Waals surface area contributed by atoms with Gasteiger partial charge in [0.25, 0.3) is 5.91 Å². The van der Waals surface area contributed by atoms with Crippen LogP contribution in [0.3, 0.4) is 0 Å². The van der Waals surface area contributed by atoms with Crippen LogP contribution in [0.1, 0.15) is 22.8 Å². The van der Waals surface area contributed by atoms with Crippen LogP contribution in [0.15, 0.2) is 48.5 Å². The lowest BCUT2D eigenvalue weighted by Crippen LogP contribution is -2.33. The molecular formula is C21H24FN3O3S. The first-order valence-corrected chi connectivity index (χ1v) is 10.1. The monoisotopic (exact) mass is 417 g/mol. The number of nitrogens with one attached hydrogen (secondary N) is 2. The zero-order valence-corrected chi connectivity index (χ0v) is 17.4. The number of halogens is 1. The highest BCUT2D eigenvalue weighted by Crippen LogP contribution is 2.16. The summed E-state index contributed by atoms with van der Waals surface area (Å²) in [6.45, 7) is 2.16. The minimum Gasteiger partial charge on any atom is -0.355 e. The molecule has 0 saturated carbocycles. The average Bonchev–Trinajstić information content (AvgIpc) is 2.73. The van der Waals surface area contributed by atoms with Crippen molar-refractivity contribution >= 4 is 35.2 Å². The first-order valence-electron chi connectivity index (χ1n) is 9.03. The molecule has 0 aliphatic heterocycles. The highest BCUT2D eigenvalue weighted by molar-refractivity contribution is 8.01. The Morgan fingerprint density at radius 3 is 2.28 bits per heavy atom. The summed E-state index contributed by atoms with van der Waals surface area (Å²) in [5.74, 6) is -0.777. The molecule has 8 heteroatoms. The van der Waals surface area contributed by atoms with E-state index in [1.807, 2.05) is 12.1 Å². The second-order valence-electron chi connectivity index (χ2n) is 6.48. The number of amides is 3. The van der Waals surface area contributed by atoms with Crippen molar-refractivity contribution in [2.45, 2.75) is 18.7 Å². The van der Waals surface area contributed by atoms with Gasteiger partial charge in [0.15, 0.2) is 0 Å². The molecular weight excluding hydrogens is 393 g/mol. The summed E-state index contributed by atoms with van der Waals surface area (Å²) in [7, 11) is 3.27. The molecule has 0 aliphatic rings. The predicted octanol–water partition coefficient (Wildman–Crippen LogP) is 2.90. The topological polar surface area (TPSA) is 78.5 Å². The van der Waals surface area contributed by atoms with E-state index in [0.717, 1.165) is 5.56 Å². The molecule has 0 aromatic heterocycles. The highest BCUT2D eigenvalue weighted by Gasteiger charge is 2.19. The normalized spacial score (nSPS) is 11.4. The lowest BCUT2D eigenvalue weighted by atomic mass is 10.1. The number of benzene rings is 2. The van der Waals surface area contributed by atoms with Crippen molar-refractivity contribution in [1.82, 2.24) is 10.2 Å². The molecule has 154 valence electrons. The van der Waals surface area contributed by atoms with Crippen LogP contribution >= 0.6 is 11.8 Å². The fourth-order valence-electron chi connectivity index (χ4n) is 2.57. The molecule has 29 heavy (non-hydrogen) atoms. The number of thioether (sulfide) groups is 1. The SMILES string of the molecule is CNC(=O)c1ccc(CN(C)C(=O)[C@@H](C)SCC(=O)Nc2ccc(F)cc2)cc1. The molecule has 1 atom stereocenters. The minimum absolute atomic E-state index is 0.0973. The number of rotatable bonds is 8. The van der Waals surface area contributed by atoms with Gasteiger partial charge in [-0.2, -0.15) is 0 Å². The zero-order chi connectivity index (χ0) is 21.4. The van der Waals surface area contributed by atoms with Crippen molar-refractivity contribution in [1.29, 1.82) is 0 Å². The van der Waals surface area contributed by atoms with Gasteiger partial charge in [-0.1, -0.05) is 12.1 Å². The fourth-order valence-corrected chi connectivity index (χ4v) is 3.37. The Balaban J connectivity index is 1.81. The van der Waals surface area contributed by atoms with Crippen LogP contribution in [0.5, 0.6) is 0 Å².